The number of carbonyl (C=O) groups excluding carboxylic acids is 2. The van der Waals surface area contributed by atoms with Gasteiger partial charge in [0.2, 0.25) is 5.91 Å². The summed E-state index contributed by atoms with van der Waals surface area (Å²) in [7, 11) is 1.63. The number of amides is 3. The quantitative estimate of drug-likeness (QED) is 0.830. The van der Waals surface area contributed by atoms with Crippen LogP contribution < -0.4 is 15.4 Å². The van der Waals surface area contributed by atoms with Gasteiger partial charge in [0.15, 0.2) is 0 Å². The van der Waals surface area contributed by atoms with Crippen LogP contribution in [0.2, 0.25) is 0 Å². The van der Waals surface area contributed by atoms with Crippen LogP contribution in [0.1, 0.15) is 25.8 Å². The van der Waals surface area contributed by atoms with Gasteiger partial charge >= 0.3 is 6.03 Å². The molecule has 2 N–H and O–H groups in total. The number of nitrogens with zero attached hydrogens (tertiary/aromatic N) is 1. The number of hydrogen-bond donors (Lipinski definition) is 2. The van der Waals surface area contributed by atoms with Crippen LogP contribution in [0.15, 0.2) is 24.3 Å². The average molecular weight is 331 g/mol. The summed E-state index contributed by atoms with van der Waals surface area (Å²) in [6.45, 7) is 6.62. The summed E-state index contributed by atoms with van der Waals surface area (Å²) in [4.78, 5) is 26.1. The van der Waals surface area contributed by atoms with Crippen molar-refractivity contribution in [1.82, 2.24) is 15.5 Å². The SMILES string of the molecule is COc1ccc([C@]2(C(=O)NCCN3CCNC3=O)CC2(C)C)cc1. The molecule has 1 saturated heterocycles. The first-order valence-corrected chi connectivity index (χ1v) is 8.36. The Morgan fingerprint density at radius 1 is 1.33 bits per heavy atom. The van der Waals surface area contributed by atoms with E-state index < -0.39 is 5.41 Å². The fourth-order valence-electron chi connectivity index (χ4n) is 3.69. The first kappa shape index (κ1) is 16.6. The fraction of sp³-hybridized carbons (Fsp3) is 0.556. The predicted octanol–water partition coefficient (Wildman–Crippen LogP) is 1.50. The lowest BCUT2D eigenvalue weighted by Gasteiger charge is -2.22. The summed E-state index contributed by atoms with van der Waals surface area (Å²) in [5.41, 5.74) is 0.452. The van der Waals surface area contributed by atoms with Crippen molar-refractivity contribution in [2.45, 2.75) is 25.7 Å². The number of urea groups is 1. The minimum atomic E-state index is -0.494. The second-order valence-electron chi connectivity index (χ2n) is 7.17. The van der Waals surface area contributed by atoms with E-state index in [9.17, 15) is 9.59 Å². The van der Waals surface area contributed by atoms with Gasteiger partial charge in [-0.2, -0.15) is 0 Å². The van der Waals surface area contributed by atoms with Gasteiger partial charge in [-0.05, 0) is 29.5 Å². The predicted molar refractivity (Wildman–Crippen MR) is 91.1 cm³/mol. The number of methoxy groups -OCH3 is 1. The maximum atomic E-state index is 12.9. The number of hydrogen-bond acceptors (Lipinski definition) is 3. The molecule has 2 fully saturated rings. The number of rotatable bonds is 6. The van der Waals surface area contributed by atoms with Gasteiger partial charge in [-0.25, -0.2) is 4.79 Å². The second-order valence-corrected chi connectivity index (χ2v) is 7.17. The summed E-state index contributed by atoms with van der Waals surface area (Å²) < 4.78 is 5.20. The van der Waals surface area contributed by atoms with E-state index in [0.717, 1.165) is 17.7 Å². The molecule has 1 aliphatic carbocycles. The molecule has 3 amide bonds. The molecule has 6 heteroatoms. The molecule has 6 nitrogen and oxygen atoms in total. The Bertz CT molecular complexity index is 641. The number of carbonyl (C=O) groups is 2. The van der Waals surface area contributed by atoms with Crippen molar-refractivity contribution >= 4 is 11.9 Å². The van der Waals surface area contributed by atoms with Crippen LogP contribution in [0.25, 0.3) is 0 Å². The summed E-state index contributed by atoms with van der Waals surface area (Å²) in [6.07, 6.45) is 0.822. The molecule has 1 atom stereocenters. The van der Waals surface area contributed by atoms with E-state index >= 15 is 0 Å². The lowest BCUT2D eigenvalue weighted by atomic mass is 9.87. The highest BCUT2D eigenvalue weighted by Gasteiger charge is 2.66. The summed E-state index contributed by atoms with van der Waals surface area (Å²) in [5, 5.41) is 5.79. The first-order chi connectivity index (χ1) is 11.4. The Morgan fingerprint density at radius 2 is 2.00 bits per heavy atom. The van der Waals surface area contributed by atoms with Crippen LogP contribution in [0.3, 0.4) is 0 Å². The lowest BCUT2D eigenvalue weighted by molar-refractivity contribution is -0.124. The molecule has 1 aliphatic heterocycles. The van der Waals surface area contributed by atoms with Gasteiger partial charge in [-0.1, -0.05) is 26.0 Å². The van der Waals surface area contributed by atoms with Crippen LogP contribution in [0.5, 0.6) is 5.75 Å². The van der Waals surface area contributed by atoms with E-state index in [1.807, 2.05) is 24.3 Å². The van der Waals surface area contributed by atoms with Crippen molar-refractivity contribution in [2.24, 2.45) is 5.41 Å². The molecule has 2 aliphatic rings. The molecule has 0 spiro atoms. The lowest BCUT2D eigenvalue weighted by Crippen LogP contribution is -2.42. The molecular formula is C18H25N3O3. The molecule has 24 heavy (non-hydrogen) atoms. The Labute approximate surface area is 142 Å². The van der Waals surface area contributed by atoms with Gasteiger partial charge in [0.1, 0.15) is 5.75 Å². The number of benzene rings is 1. The van der Waals surface area contributed by atoms with E-state index in [1.54, 1.807) is 12.0 Å². The summed E-state index contributed by atoms with van der Waals surface area (Å²) >= 11 is 0. The fourth-order valence-corrected chi connectivity index (χ4v) is 3.69. The van der Waals surface area contributed by atoms with E-state index in [0.29, 0.717) is 26.2 Å². The third kappa shape index (κ3) is 2.70. The van der Waals surface area contributed by atoms with Gasteiger partial charge in [0.05, 0.1) is 12.5 Å². The number of nitrogens with one attached hydrogen (secondary N) is 2. The molecule has 130 valence electrons. The standard InChI is InChI=1S/C18H25N3O3/c1-17(2)12-18(17,13-4-6-14(24-3)7-5-13)15(22)19-8-10-21-11-9-20-16(21)23/h4-7H,8-12H2,1-3H3,(H,19,22)(H,20,23)/t18-/m0/s1. The molecule has 0 radical (unpaired) electrons. The summed E-state index contributed by atoms with van der Waals surface area (Å²) in [6, 6.07) is 7.68. The smallest absolute Gasteiger partial charge is 0.317 e. The average Bonchev–Trinajstić information content (AvgIpc) is 2.93. The highest BCUT2D eigenvalue weighted by molar-refractivity contribution is 5.93. The highest BCUT2D eigenvalue weighted by atomic mass is 16.5. The molecule has 0 unspecified atom stereocenters. The molecule has 1 aromatic rings. The minimum Gasteiger partial charge on any atom is -0.497 e. The Morgan fingerprint density at radius 3 is 2.50 bits per heavy atom. The largest absolute Gasteiger partial charge is 0.497 e. The van der Waals surface area contributed by atoms with Crippen molar-refractivity contribution < 1.29 is 14.3 Å². The van der Waals surface area contributed by atoms with Gasteiger partial charge in [-0.3, -0.25) is 4.79 Å². The van der Waals surface area contributed by atoms with Gasteiger partial charge in [-0.15, -0.1) is 0 Å². The van der Waals surface area contributed by atoms with Crippen molar-refractivity contribution in [2.75, 3.05) is 33.3 Å². The van der Waals surface area contributed by atoms with E-state index in [4.69, 9.17) is 4.74 Å². The third-order valence-electron chi connectivity index (χ3n) is 5.32. The van der Waals surface area contributed by atoms with Crippen molar-refractivity contribution in [3.63, 3.8) is 0 Å². The minimum absolute atomic E-state index is 0.0391. The maximum absolute atomic E-state index is 12.9. The Kier molecular flexibility index (Phi) is 4.15. The molecule has 1 aromatic carbocycles. The highest BCUT2D eigenvalue weighted by Crippen LogP contribution is 2.64. The van der Waals surface area contributed by atoms with Crippen LogP contribution in [-0.4, -0.2) is 50.1 Å². The van der Waals surface area contributed by atoms with E-state index in [-0.39, 0.29) is 17.4 Å². The monoisotopic (exact) mass is 331 g/mol. The molecule has 1 saturated carbocycles. The van der Waals surface area contributed by atoms with Crippen molar-refractivity contribution in [1.29, 1.82) is 0 Å². The summed E-state index contributed by atoms with van der Waals surface area (Å²) in [5.74, 6) is 0.824. The molecule has 0 aromatic heterocycles. The molecule has 1 heterocycles. The Balaban J connectivity index is 1.66. The van der Waals surface area contributed by atoms with Crippen molar-refractivity contribution in [3.8, 4) is 5.75 Å². The number of ether oxygens (including phenoxy) is 1. The van der Waals surface area contributed by atoms with Crippen LogP contribution >= 0.6 is 0 Å². The zero-order chi connectivity index (χ0) is 17.4. The van der Waals surface area contributed by atoms with E-state index in [2.05, 4.69) is 24.5 Å². The zero-order valence-electron chi connectivity index (χ0n) is 14.5. The van der Waals surface area contributed by atoms with Gasteiger partial charge in [0.25, 0.3) is 0 Å². The van der Waals surface area contributed by atoms with E-state index in [1.165, 1.54) is 0 Å². The Hall–Kier alpha value is -2.24. The second kappa shape index (κ2) is 6.00. The first-order valence-electron chi connectivity index (χ1n) is 8.36. The molecule has 3 rings (SSSR count). The van der Waals surface area contributed by atoms with Crippen LogP contribution in [-0.2, 0) is 10.2 Å². The third-order valence-corrected chi connectivity index (χ3v) is 5.32. The normalized spacial score (nSPS) is 24.5. The zero-order valence-corrected chi connectivity index (χ0v) is 14.5. The molecular weight excluding hydrogens is 306 g/mol. The van der Waals surface area contributed by atoms with Crippen LogP contribution in [0.4, 0.5) is 4.79 Å². The van der Waals surface area contributed by atoms with Gasteiger partial charge in [0, 0.05) is 26.2 Å². The van der Waals surface area contributed by atoms with Crippen molar-refractivity contribution in [3.05, 3.63) is 29.8 Å². The maximum Gasteiger partial charge on any atom is 0.317 e. The van der Waals surface area contributed by atoms with Crippen LogP contribution in [0, 0.1) is 5.41 Å². The van der Waals surface area contributed by atoms with Gasteiger partial charge < -0.3 is 20.3 Å². The molecule has 0 bridgehead atoms. The topological polar surface area (TPSA) is 70.7 Å².